The van der Waals surface area contributed by atoms with Crippen molar-refractivity contribution in [1.29, 1.82) is 0 Å². The Morgan fingerprint density at radius 1 is 0.806 bits per heavy atom. The minimum Gasteiger partial charge on any atom is -0.494 e. The van der Waals surface area contributed by atoms with Crippen molar-refractivity contribution in [2.24, 2.45) is 0 Å². The molecule has 0 aliphatic heterocycles. The summed E-state index contributed by atoms with van der Waals surface area (Å²) in [6, 6.07) is 20.8. The van der Waals surface area contributed by atoms with E-state index in [9.17, 15) is 0 Å². The van der Waals surface area contributed by atoms with E-state index in [1.807, 2.05) is 12.1 Å². The number of benzene rings is 3. The van der Waals surface area contributed by atoms with Gasteiger partial charge in [0.25, 0.3) is 0 Å². The largest absolute Gasteiger partial charge is 0.494 e. The summed E-state index contributed by atoms with van der Waals surface area (Å²) in [6.07, 6.45) is 0.893. The molecule has 0 saturated carbocycles. The van der Waals surface area contributed by atoms with Crippen LogP contribution in [0.15, 0.2) is 60.7 Å². The maximum Gasteiger partial charge on any atom is 0.148 e. The molecule has 1 heterocycles. The summed E-state index contributed by atoms with van der Waals surface area (Å²) in [5.74, 6) is 2.78. The monoisotopic (exact) mass is 414 g/mol. The second-order valence-electron chi connectivity index (χ2n) is 8.17. The number of aromatic nitrogens is 2. The quantitative estimate of drug-likeness (QED) is 0.317. The molecule has 4 aromatic rings. The van der Waals surface area contributed by atoms with Gasteiger partial charge in [0.1, 0.15) is 23.9 Å². The molecule has 160 valence electrons. The molecule has 0 amide bonds. The molecule has 4 rings (SSSR count). The minimum absolute atomic E-state index is 0.441. The van der Waals surface area contributed by atoms with Crippen molar-refractivity contribution in [2.45, 2.75) is 47.3 Å². The number of fused-ring (bicyclic) bond motifs is 1. The first-order valence-corrected chi connectivity index (χ1v) is 10.9. The van der Waals surface area contributed by atoms with Crippen LogP contribution in [0.25, 0.3) is 11.0 Å². The molecule has 0 unspecified atom stereocenters. The highest BCUT2D eigenvalue weighted by atomic mass is 16.5. The van der Waals surface area contributed by atoms with Crippen LogP contribution in [0.2, 0.25) is 0 Å². The molecule has 3 aromatic carbocycles. The summed E-state index contributed by atoms with van der Waals surface area (Å²) in [4.78, 5) is 4.84. The molecule has 4 heteroatoms. The van der Waals surface area contributed by atoms with Crippen molar-refractivity contribution >= 4 is 11.0 Å². The van der Waals surface area contributed by atoms with Crippen molar-refractivity contribution in [3.8, 4) is 11.5 Å². The van der Waals surface area contributed by atoms with Crippen LogP contribution in [0.1, 0.15) is 34.5 Å². The zero-order valence-electron chi connectivity index (χ0n) is 18.8. The number of para-hydroxylation sites is 2. The van der Waals surface area contributed by atoms with Gasteiger partial charge in [-0.05, 0) is 86.7 Å². The highest BCUT2D eigenvalue weighted by Gasteiger charge is 2.12. The summed E-state index contributed by atoms with van der Waals surface area (Å²) in [5.41, 5.74) is 6.99. The van der Waals surface area contributed by atoms with Crippen LogP contribution in [-0.4, -0.2) is 16.2 Å². The van der Waals surface area contributed by atoms with Gasteiger partial charge in [-0.1, -0.05) is 30.3 Å². The Hall–Kier alpha value is -3.27. The number of hydrogen-bond acceptors (Lipinski definition) is 3. The standard InChI is InChI=1S/C27H30N2O2/c1-19-10-11-21(3)26(16-19)31-18-27-28-24-8-5-6-9-25(24)29(27)14-7-15-30-23-13-12-20(2)22(4)17-23/h5-6,8-13,16-17H,7,14-15,18H2,1-4H3. The van der Waals surface area contributed by atoms with Crippen molar-refractivity contribution in [3.63, 3.8) is 0 Å². The summed E-state index contributed by atoms with van der Waals surface area (Å²) in [7, 11) is 0. The van der Waals surface area contributed by atoms with Crippen LogP contribution in [-0.2, 0) is 13.2 Å². The van der Waals surface area contributed by atoms with Gasteiger partial charge in [0.2, 0.25) is 0 Å². The van der Waals surface area contributed by atoms with Crippen LogP contribution >= 0.6 is 0 Å². The lowest BCUT2D eigenvalue weighted by molar-refractivity contribution is 0.279. The van der Waals surface area contributed by atoms with Crippen LogP contribution < -0.4 is 9.47 Å². The summed E-state index contributed by atoms with van der Waals surface area (Å²) < 4.78 is 14.4. The van der Waals surface area contributed by atoms with Gasteiger partial charge in [0, 0.05) is 6.54 Å². The van der Waals surface area contributed by atoms with Gasteiger partial charge in [-0.15, -0.1) is 0 Å². The zero-order valence-corrected chi connectivity index (χ0v) is 18.8. The third-order valence-corrected chi connectivity index (χ3v) is 5.71. The van der Waals surface area contributed by atoms with Crippen molar-refractivity contribution in [1.82, 2.24) is 9.55 Å². The van der Waals surface area contributed by atoms with E-state index in [1.165, 1.54) is 16.7 Å². The van der Waals surface area contributed by atoms with Gasteiger partial charge in [-0.25, -0.2) is 4.98 Å². The normalized spacial score (nSPS) is 11.1. The molecular formula is C27H30N2O2. The number of aryl methyl sites for hydroxylation is 5. The third kappa shape index (κ3) is 4.91. The van der Waals surface area contributed by atoms with E-state index in [0.29, 0.717) is 13.2 Å². The van der Waals surface area contributed by atoms with Crippen LogP contribution in [0, 0.1) is 27.7 Å². The topological polar surface area (TPSA) is 36.3 Å². The Labute approximate surface area is 184 Å². The number of rotatable bonds is 8. The fourth-order valence-corrected chi connectivity index (χ4v) is 3.71. The fourth-order valence-electron chi connectivity index (χ4n) is 3.71. The molecule has 1 aromatic heterocycles. The lowest BCUT2D eigenvalue weighted by Gasteiger charge is -2.13. The SMILES string of the molecule is Cc1ccc(C)c(OCc2nc3ccccc3n2CCCOc2ccc(C)c(C)c2)c1. The summed E-state index contributed by atoms with van der Waals surface area (Å²) in [6.45, 7) is 10.3. The van der Waals surface area contributed by atoms with E-state index >= 15 is 0 Å². The van der Waals surface area contributed by atoms with Gasteiger partial charge >= 0.3 is 0 Å². The molecule has 0 radical (unpaired) electrons. The van der Waals surface area contributed by atoms with Crippen LogP contribution in [0.5, 0.6) is 11.5 Å². The summed E-state index contributed by atoms with van der Waals surface area (Å²) >= 11 is 0. The van der Waals surface area contributed by atoms with Crippen molar-refractivity contribution in [2.75, 3.05) is 6.61 Å². The van der Waals surface area contributed by atoms with E-state index in [0.717, 1.165) is 46.9 Å². The molecule has 0 aliphatic rings. The van der Waals surface area contributed by atoms with E-state index in [4.69, 9.17) is 14.5 Å². The predicted molar refractivity (Wildman–Crippen MR) is 126 cm³/mol. The van der Waals surface area contributed by atoms with Gasteiger partial charge < -0.3 is 14.0 Å². The molecule has 4 nitrogen and oxygen atoms in total. The average molecular weight is 415 g/mol. The van der Waals surface area contributed by atoms with E-state index < -0.39 is 0 Å². The first-order chi connectivity index (χ1) is 15.0. The Kier molecular flexibility index (Phi) is 6.26. The fraction of sp³-hybridized carbons (Fsp3) is 0.296. The molecule has 0 bridgehead atoms. The zero-order chi connectivity index (χ0) is 21.8. The Morgan fingerprint density at radius 3 is 2.45 bits per heavy atom. The molecule has 0 aliphatic carbocycles. The van der Waals surface area contributed by atoms with Gasteiger partial charge in [0.15, 0.2) is 0 Å². The van der Waals surface area contributed by atoms with Gasteiger partial charge in [-0.3, -0.25) is 0 Å². The highest BCUT2D eigenvalue weighted by Crippen LogP contribution is 2.23. The molecule has 31 heavy (non-hydrogen) atoms. The Bertz CT molecular complexity index is 1190. The second-order valence-corrected chi connectivity index (χ2v) is 8.17. The number of ether oxygens (including phenoxy) is 2. The second kappa shape index (κ2) is 9.25. The lowest BCUT2D eigenvalue weighted by atomic mass is 10.1. The molecule has 0 spiro atoms. The minimum atomic E-state index is 0.441. The molecule has 0 N–H and O–H groups in total. The summed E-state index contributed by atoms with van der Waals surface area (Å²) in [5, 5.41) is 0. The lowest BCUT2D eigenvalue weighted by Crippen LogP contribution is -2.10. The first kappa shape index (κ1) is 21.0. The average Bonchev–Trinajstić information content (AvgIpc) is 3.12. The maximum atomic E-state index is 6.16. The Balaban J connectivity index is 1.45. The first-order valence-electron chi connectivity index (χ1n) is 10.9. The predicted octanol–water partition coefficient (Wildman–Crippen LogP) is 6.32. The van der Waals surface area contributed by atoms with Crippen molar-refractivity contribution in [3.05, 3.63) is 88.7 Å². The molecular weight excluding hydrogens is 384 g/mol. The van der Waals surface area contributed by atoms with Gasteiger partial charge in [-0.2, -0.15) is 0 Å². The van der Waals surface area contributed by atoms with Crippen LogP contribution in [0.4, 0.5) is 0 Å². The maximum absolute atomic E-state index is 6.16. The number of hydrogen-bond donors (Lipinski definition) is 0. The van der Waals surface area contributed by atoms with Crippen molar-refractivity contribution < 1.29 is 9.47 Å². The van der Waals surface area contributed by atoms with E-state index in [-0.39, 0.29) is 0 Å². The highest BCUT2D eigenvalue weighted by molar-refractivity contribution is 5.75. The van der Waals surface area contributed by atoms with Crippen LogP contribution in [0.3, 0.4) is 0 Å². The number of nitrogens with zero attached hydrogens (tertiary/aromatic N) is 2. The molecule has 0 saturated heterocycles. The molecule has 0 fully saturated rings. The Morgan fingerprint density at radius 2 is 1.61 bits per heavy atom. The molecule has 0 atom stereocenters. The smallest absolute Gasteiger partial charge is 0.148 e. The number of imidazole rings is 1. The third-order valence-electron chi connectivity index (χ3n) is 5.71. The van der Waals surface area contributed by atoms with Gasteiger partial charge in [0.05, 0.1) is 17.6 Å². The van der Waals surface area contributed by atoms with E-state index in [1.54, 1.807) is 0 Å². The van der Waals surface area contributed by atoms with E-state index in [2.05, 4.69) is 80.8 Å².